The van der Waals surface area contributed by atoms with Gasteiger partial charge in [-0.1, -0.05) is 36.8 Å². The summed E-state index contributed by atoms with van der Waals surface area (Å²) in [5.74, 6) is 2.16. The van der Waals surface area contributed by atoms with Gasteiger partial charge in [-0.25, -0.2) is 9.67 Å². The molecule has 3 heterocycles. The van der Waals surface area contributed by atoms with Gasteiger partial charge < -0.3 is 10.5 Å². The van der Waals surface area contributed by atoms with Crippen LogP contribution < -0.4 is 5.73 Å². The van der Waals surface area contributed by atoms with Gasteiger partial charge in [0.15, 0.2) is 17.1 Å². The van der Waals surface area contributed by atoms with Crippen LogP contribution in [-0.2, 0) is 11.3 Å². The van der Waals surface area contributed by atoms with Crippen molar-refractivity contribution in [2.45, 2.75) is 26.8 Å². The third-order valence-electron chi connectivity index (χ3n) is 5.30. The molecular formula is C21H25N7O. The number of hydrogen-bond acceptors (Lipinski definition) is 6. The Kier molecular flexibility index (Phi) is 4.92. The molecule has 3 aromatic heterocycles. The molecule has 2 N–H and O–H groups in total. The molecule has 0 aromatic carbocycles. The molecule has 1 aliphatic carbocycles. The summed E-state index contributed by atoms with van der Waals surface area (Å²) in [6.45, 7) is 8.68. The van der Waals surface area contributed by atoms with Crippen LogP contribution >= 0.6 is 0 Å². The summed E-state index contributed by atoms with van der Waals surface area (Å²) in [6.07, 6.45) is 13.1. The third kappa shape index (κ3) is 3.30. The fraction of sp³-hybridized carbons (Fsp3) is 0.333. The van der Waals surface area contributed by atoms with E-state index < -0.39 is 0 Å². The SMILES string of the molecule is C=CC1C=CC(CCn2ncc3c2nc(N)n2nc(/C(=C/C)OC)nc32)=CC1C. The number of aryl methyl sites for hydroxylation is 1. The van der Waals surface area contributed by atoms with E-state index in [4.69, 9.17) is 10.5 Å². The minimum atomic E-state index is 0.263. The number of anilines is 1. The zero-order valence-corrected chi connectivity index (χ0v) is 16.9. The van der Waals surface area contributed by atoms with Gasteiger partial charge in [-0.3, -0.25) is 0 Å². The third-order valence-corrected chi connectivity index (χ3v) is 5.30. The first-order valence-corrected chi connectivity index (χ1v) is 9.65. The Morgan fingerprint density at radius 1 is 1.34 bits per heavy atom. The van der Waals surface area contributed by atoms with Crippen LogP contribution in [0, 0.1) is 11.8 Å². The van der Waals surface area contributed by atoms with Crippen LogP contribution in [-0.4, -0.2) is 36.5 Å². The van der Waals surface area contributed by atoms with Crippen molar-refractivity contribution in [1.82, 2.24) is 29.4 Å². The van der Waals surface area contributed by atoms with Crippen molar-refractivity contribution in [2.24, 2.45) is 11.8 Å². The fourth-order valence-electron chi connectivity index (χ4n) is 3.67. The molecule has 29 heavy (non-hydrogen) atoms. The van der Waals surface area contributed by atoms with Gasteiger partial charge in [0, 0.05) is 12.5 Å². The van der Waals surface area contributed by atoms with E-state index in [0.717, 1.165) is 11.8 Å². The molecule has 2 unspecified atom stereocenters. The summed E-state index contributed by atoms with van der Waals surface area (Å²) < 4.78 is 8.71. The molecule has 0 radical (unpaired) electrons. The lowest BCUT2D eigenvalue weighted by molar-refractivity contribution is 0.365. The molecule has 0 spiro atoms. The van der Waals surface area contributed by atoms with E-state index in [1.165, 1.54) is 10.1 Å². The van der Waals surface area contributed by atoms with Gasteiger partial charge in [-0.05, 0) is 25.3 Å². The Labute approximate surface area is 169 Å². The number of allylic oxidation sites excluding steroid dienone is 6. The summed E-state index contributed by atoms with van der Waals surface area (Å²) in [5.41, 5.74) is 8.75. The van der Waals surface area contributed by atoms with E-state index in [0.29, 0.717) is 41.3 Å². The highest BCUT2D eigenvalue weighted by atomic mass is 16.5. The van der Waals surface area contributed by atoms with Gasteiger partial charge in [-0.2, -0.15) is 14.6 Å². The Morgan fingerprint density at radius 3 is 2.86 bits per heavy atom. The number of fused-ring (bicyclic) bond motifs is 3. The molecule has 0 bridgehead atoms. The quantitative estimate of drug-likeness (QED) is 0.511. The first-order chi connectivity index (χ1) is 14.0. The van der Waals surface area contributed by atoms with Crippen molar-refractivity contribution in [2.75, 3.05) is 12.8 Å². The predicted molar refractivity (Wildman–Crippen MR) is 114 cm³/mol. The summed E-state index contributed by atoms with van der Waals surface area (Å²) in [7, 11) is 1.59. The Morgan fingerprint density at radius 2 is 2.17 bits per heavy atom. The second kappa shape index (κ2) is 7.54. The van der Waals surface area contributed by atoms with Crippen molar-refractivity contribution >= 4 is 28.4 Å². The van der Waals surface area contributed by atoms with Gasteiger partial charge in [0.25, 0.3) is 0 Å². The first kappa shape index (κ1) is 18.9. The van der Waals surface area contributed by atoms with E-state index in [1.807, 2.05) is 23.8 Å². The second-order valence-electron chi connectivity index (χ2n) is 7.13. The van der Waals surface area contributed by atoms with Crippen molar-refractivity contribution in [1.29, 1.82) is 0 Å². The zero-order valence-electron chi connectivity index (χ0n) is 16.9. The number of hydrogen-bond donors (Lipinski definition) is 1. The molecule has 0 amide bonds. The van der Waals surface area contributed by atoms with Crippen LogP contribution in [0.1, 0.15) is 26.1 Å². The van der Waals surface area contributed by atoms with Crippen LogP contribution in [0.2, 0.25) is 0 Å². The molecule has 0 fully saturated rings. The van der Waals surface area contributed by atoms with Gasteiger partial charge >= 0.3 is 0 Å². The number of nitrogen functional groups attached to an aromatic ring is 1. The molecule has 0 aliphatic heterocycles. The Bertz CT molecular complexity index is 1160. The van der Waals surface area contributed by atoms with Crippen molar-refractivity contribution in [3.63, 3.8) is 0 Å². The van der Waals surface area contributed by atoms with E-state index in [2.05, 4.69) is 51.9 Å². The normalized spacial score (nSPS) is 19.7. The lowest BCUT2D eigenvalue weighted by Crippen LogP contribution is -2.10. The summed E-state index contributed by atoms with van der Waals surface area (Å²) in [6, 6.07) is 0. The molecule has 0 saturated carbocycles. The first-order valence-electron chi connectivity index (χ1n) is 9.65. The van der Waals surface area contributed by atoms with E-state index in [-0.39, 0.29) is 5.95 Å². The average molecular weight is 391 g/mol. The Hall–Kier alpha value is -3.42. The van der Waals surface area contributed by atoms with Crippen LogP contribution in [0.25, 0.3) is 22.4 Å². The maximum absolute atomic E-state index is 6.15. The average Bonchev–Trinajstić information content (AvgIpc) is 3.32. The lowest BCUT2D eigenvalue weighted by atomic mass is 9.86. The second-order valence-corrected chi connectivity index (χ2v) is 7.13. The number of nitrogens with two attached hydrogens (primary N) is 1. The molecule has 1 aliphatic rings. The predicted octanol–water partition coefficient (Wildman–Crippen LogP) is 3.39. The van der Waals surface area contributed by atoms with Crippen molar-refractivity contribution in [3.8, 4) is 0 Å². The van der Waals surface area contributed by atoms with Gasteiger partial charge in [0.2, 0.25) is 11.8 Å². The molecule has 8 heteroatoms. The minimum absolute atomic E-state index is 0.263. The van der Waals surface area contributed by atoms with Crippen LogP contribution in [0.4, 0.5) is 5.95 Å². The highest BCUT2D eigenvalue weighted by Crippen LogP contribution is 2.26. The van der Waals surface area contributed by atoms with Crippen LogP contribution in [0.3, 0.4) is 0 Å². The molecule has 4 rings (SSSR count). The highest BCUT2D eigenvalue weighted by Gasteiger charge is 2.18. The molecule has 8 nitrogen and oxygen atoms in total. The van der Waals surface area contributed by atoms with E-state index >= 15 is 0 Å². The Balaban J connectivity index is 1.65. The number of ether oxygens (including phenoxy) is 1. The maximum Gasteiger partial charge on any atom is 0.225 e. The lowest BCUT2D eigenvalue weighted by Gasteiger charge is -2.19. The van der Waals surface area contributed by atoms with Gasteiger partial charge in [0.1, 0.15) is 0 Å². The van der Waals surface area contributed by atoms with Crippen LogP contribution in [0.15, 0.2) is 48.7 Å². The molecule has 150 valence electrons. The van der Waals surface area contributed by atoms with E-state index in [9.17, 15) is 0 Å². The number of rotatable bonds is 6. The minimum Gasteiger partial charge on any atom is -0.493 e. The van der Waals surface area contributed by atoms with Gasteiger partial charge in [0.05, 0.1) is 18.7 Å². The molecule has 2 atom stereocenters. The molecule has 3 aromatic rings. The molecule has 0 saturated heterocycles. The van der Waals surface area contributed by atoms with Gasteiger partial charge in [-0.15, -0.1) is 11.7 Å². The maximum atomic E-state index is 6.15. The zero-order chi connectivity index (χ0) is 20.5. The number of methoxy groups -OCH3 is 1. The van der Waals surface area contributed by atoms with Crippen molar-refractivity contribution < 1.29 is 4.74 Å². The fourth-order valence-corrected chi connectivity index (χ4v) is 3.67. The summed E-state index contributed by atoms with van der Waals surface area (Å²) in [5, 5.41) is 9.74. The smallest absolute Gasteiger partial charge is 0.225 e. The van der Waals surface area contributed by atoms with Crippen LogP contribution in [0.5, 0.6) is 0 Å². The largest absolute Gasteiger partial charge is 0.493 e. The monoisotopic (exact) mass is 391 g/mol. The summed E-state index contributed by atoms with van der Waals surface area (Å²) in [4.78, 5) is 9.11. The number of aromatic nitrogens is 6. The summed E-state index contributed by atoms with van der Waals surface area (Å²) >= 11 is 0. The molecular weight excluding hydrogens is 366 g/mol. The van der Waals surface area contributed by atoms with Crippen molar-refractivity contribution in [3.05, 3.63) is 54.6 Å². The number of nitrogens with zero attached hydrogens (tertiary/aromatic N) is 6. The standard InChI is InChI=1S/C21H25N7O/c1-5-15-8-7-14(11-13(15)3)9-10-27-19-16(12-23-27)20-24-18(17(6-2)29-4)26-28(20)21(22)25-19/h5-8,11-13,15H,1,9-10H2,2-4H3,(H2,22,25)/b17-6-. The highest BCUT2D eigenvalue weighted by molar-refractivity contribution is 5.90. The topological polar surface area (TPSA) is 96.2 Å². The van der Waals surface area contributed by atoms with E-state index in [1.54, 1.807) is 13.3 Å².